The Bertz CT molecular complexity index is 401. The van der Waals surface area contributed by atoms with Crippen LogP contribution in [0.2, 0.25) is 0 Å². The molecule has 0 aromatic carbocycles. The Balaban J connectivity index is 2.82. The van der Waals surface area contributed by atoms with Crippen LogP contribution in [0.25, 0.3) is 0 Å². The summed E-state index contributed by atoms with van der Waals surface area (Å²) < 4.78 is 27.3. The van der Waals surface area contributed by atoms with Crippen LogP contribution in [0, 0.1) is 5.92 Å². The molecule has 1 saturated heterocycles. The van der Waals surface area contributed by atoms with Crippen molar-refractivity contribution in [3.05, 3.63) is 0 Å². The Labute approximate surface area is 119 Å². The molecule has 0 saturated carbocycles. The molecule has 116 valence electrons. The zero-order valence-electron chi connectivity index (χ0n) is 12.3. The molecule has 1 heterocycles. The second kappa shape index (κ2) is 7.20. The monoisotopic (exact) mass is 307 g/mol. The van der Waals surface area contributed by atoms with Gasteiger partial charge in [0.15, 0.2) is 0 Å². The molecule has 1 atom stereocenters. The highest BCUT2D eigenvalue weighted by molar-refractivity contribution is 7.54. The summed E-state index contributed by atoms with van der Waals surface area (Å²) in [6.45, 7) is 7.60. The van der Waals surface area contributed by atoms with E-state index in [0.717, 1.165) is 4.90 Å². The van der Waals surface area contributed by atoms with Crippen LogP contribution in [-0.4, -0.2) is 48.9 Å². The number of carbonyl (C=O) groups is 2. The van der Waals surface area contributed by atoms with E-state index in [1.165, 1.54) is 0 Å². The molecule has 0 radical (unpaired) electrons. The van der Waals surface area contributed by atoms with Crippen LogP contribution in [0.3, 0.4) is 0 Å². The third-order valence-corrected chi connectivity index (χ3v) is 4.89. The van der Waals surface area contributed by atoms with Crippen molar-refractivity contribution in [2.24, 2.45) is 5.92 Å². The normalized spacial score (nSPS) is 19.6. The van der Waals surface area contributed by atoms with Crippen LogP contribution in [0.5, 0.6) is 0 Å². The summed E-state index contributed by atoms with van der Waals surface area (Å²) in [4.78, 5) is 24.9. The number of amides is 2. The molecule has 0 spiro atoms. The van der Waals surface area contributed by atoms with Crippen molar-refractivity contribution in [1.82, 2.24) is 4.90 Å². The largest absolute Gasteiger partial charge is 0.447 e. The third kappa shape index (κ3) is 4.04. The molecule has 1 fully saturated rings. The molecule has 0 aromatic heterocycles. The summed E-state index contributed by atoms with van der Waals surface area (Å²) in [5.74, 6) is -0.527. The van der Waals surface area contributed by atoms with Gasteiger partial charge >= 0.3 is 13.7 Å². The number of hydrogen-bond acceptors (Lipinski definition) is 6. The number of hydrogen-bond donors (Lipinski definition) is 0. The highest BCUT2D eigenvalue weighted by atomic mass is 31.2. The first-order valence-electron chi connectivity index (χ1n) is 6.71. The van der Waals surface area contributed by atoms with Crippen LogP contribution < -0.4 is 0 Å². The third-order valence-electron chi connectivity index (χ3n) is 2.92. The minimum Gasteiger partial charge on any atom is -0.447 e. The van der Waals surface area contributed by atoms with Crippen LogP contribution >= 0.6 is 7.60 Å². The van der Waals surface area contributed by atoms with E-state index in [2.05, 4.69) is 0 Å². The number of cyclic esters (lactones) is 1. The van der Waals surface area contributed by atoms with E-state index in [4.69, 9.17) is 13.8 Å². The Morgan fingerprint density at radius 3 is 2.40 bits per heavy atom. The Kier molecular flexibility index (Phi) is 6.17. The van der Waals surface area contributed by atoms with Gasteiger partial charge in [-0.2, -0.15) is 0 Å². The number of nitrogens with zero attached hydrogens (tertiary/aromatic N) is 1. The summed E-state index contributed by atoms with van der Waals surface area (Å²) >= 11 is 0. The Morgan fingerprint density at radius 2 is 1.95 bits per heavy atom. The Morgan fingerprint density at radius 1 is 1.40 bits per heavy atom. The summed E-state index contributed by atoms with van der Waals surface area (Å²) in [6.07, 6.45) is -1.15. The van der Waals surface area contributed by atoms with Crippen molar-refractivity contribution in [2.75, 3.05) is 26.0 Å². The first kappa shape index (κ1) is 17.1. The van der Waals surface area contributed by atoms with E-state index in [1.54, 1.807) is 13.8 Å². The molecule has 7 nitrogen and oxygen atoms in total. The molecule has 2 amide bonds. The van der Waals surface area contributed by atoms with Crippen LogP contribution in [-0.2, 0) is 23.1 Å². The molecule has 0 aromatic rings. The first-order chi connectivity index (χ1) is 9.34. The maximum atomic E-state index is 12.3. The van der Waals surface area contributed by atoms with Gasteiger partial charge in [-0.15, -0.1) is 0 Å². The fraction of sp³-hybridized carbons (Fsp3) is 0.833. The fourth-order valence-electron chi connectivity index (χ4n) is 1.98. The average Bonchev–Trinajstić information content (AvgIpc) is 2.71. The van der Waals surface area contributed by atoms with Gasteiger partial charge in [-0.05, 0) is 19.8 Å². The zero-order valence-corrected chi connectivity index (χ0v) is 13.2. The lowest BCUT2D eigenvalue weighted by molar-refractivity contribution is -0.127. The van der Waals surface area contributed by atoms with Gasteiger partial charge in [-0.3, -0.25) is 9.36 Å². The van der Waals surface area contributed by atoms with E-state index >= 15 is 0 Å². The van der Waals surface area contributed by atoms with E-state index in [0.29, 0.717) is 0 Å². The highest BCUT2D eigenvalue weighted by Crippen LogP contribution is 2.48. The summed E-state index contributed by atoms with van der Waals surface area (Å²) in [6, 6.07) is -0.341. The fourth-order valence-corrected chi connectivity index (χ4v) is 3.50. The molecule has 8 heteroatoms. The van der Waals surface area contributed by atoms with Gasteiger partial charge in [0.05, 0.1) is 19.3 Å². The van der Waals surface area contributed by atoms with Crippen LogP contribution in [0.15, 0.2) is 0 Å². The van der Waals surface area contributed by atoms with Gasteiger partial charge in [0.25, 0.3) is 0 Å². The lowest BCUT2D eigenvalue weighted by Gasteiger charge is -2.24. The quantitative estimate of drug-likeness (QED) is 0.671. The summed E-state index contributed by atoms with van der Waals surface area (Å²) in [5.41, 5.74) is 0. The van der Waals surface area contributed by atoms with Crippen LogP contribution in [0.4, 0.5) is 4.79 Å². The minimum absolute atomic E-state index is 0.0592. The van der Waals surface area contributed by atoms with Gasteiger partial charge in [-0.1, -0.05) is 13.8 Å². The molecule has 0 unspecified atom stereocenters. The lowest BCUT2D eigenvalue weighted by atomic mass is 10.0. The molecule has 20 heavy (non-hydrogen) atoms. The van der Waals surface area contributed by atoms with Gasteiger partial charge in [0.1, 0.15) is 12.8 Å². The zero-order chi connectivity index (χ0) is 15.3. The van der Waals surface area contributed by atoms with Crippen molar-refractivity contribution in [2.45, 2.75) is 33.7 Å². The maximum Gasteiger partial charge on any atom is 0.417 e. The average molecular weight is 307 g/mol. The van der Waals surface area contributed by atoms with Crippen LogP contribution in [0.1, 0.15) is 27.7 Å². The van der Waals surface area contributed by atoms with Crippen molar-refractivity contribution < 1.29 is 27.9 Å². The maximum absolute atomic E-state index is 12.3. The van der Waals surface area contributed by atoms with Gasteiger partial charge < -0.3 is 13.8 Å². The number of ether oxygens (including phenoxy) is 1. The summed E-state index contributed by atoms with van der Waals surface area (Å²) in [7, 11) is -3.51. The predicted molar refractivity (Wildman–Crippen MR) is 72.5 cm³/mol. The van der Waals surface area contributed by atoms with Gasteiger partial charge in [0.2, 0.25) is 5.91 Å². The van der Waals surface area contributed by atoms with Crippen molar-refractivity contribution in [3.8, 4) is 0 Å². The van der Waals surface area contributed by atoms with E-state index in [9.17, 15) is 14.2 Å². The van der Waals surface area contributed by atoms with E-state index in [-0.39, 0.29) is 31.8 Å². The predicted octanol–water partition coefficient (Wildman–Crippen LogP) is 2.26. The highest BCUT2D eigenvalue weighted by Gasteiger charge is 2.42. The molecule has 1 aliphatic heterocycles. The summed E-state index contributed by atoms with van der Waals surface area (Å²) in [5, 5.41) is 0. The van der Waals surface area contributed by atoms with E-state index < -0.39 is 25.8 Å². The van der Waals surface area contributed by atoms with Crippen molar-refractivity contribution >= 4 is 19.6 Å². The SMILES string of the molecule is CCOP(=O)(CC(=O)N1C(=O)OC[C@@H]1C(C)C)OCC. The van der Waals surface area contributed by atoms with Gasteiger partial charge in [-0.25, -0.2) is 9.69 Å². The molecule has 1 aliphatic rings. The molecule has 0 bridgehead atoms. The molecular weight excluding hydrogens is 285 g/mol. The second-order valence-electron chi connectivity index (χ2n) is 4.76. The number of imide groups is 1. The number of rotatable bonds is 7. The molecular formula is C12H22NO6P. The smallest absolute Gasteiger partial charge is 0.417 e. The molecule has 0 aliphatic carbocycles. The Hall–Kier alpha value is -0.910. The lowest BCUT2D eigenvalue weighted by Crippen LogP contribution is -2.43. The van der Waals surface area contributed by atoms with Crippen molar-refractivity contribution in [3.63, 3.8) is 0 Å². The minimum atomic E-state index is -3.51. The van der Waals surface area contributed by atoms with E-state index in [1.807, 2.05) is 13.8 Å². The van der Waals surface area contributed by atoms with Gasteiger partial charge in [0, 0.05) is 0 Å². The molecule has 0 N–H and O–H groups in total. The van der Waals surface area contributed by atoms with Crippen molar-refractivity contribution in [1.29, 1.82) is 0 Å². The topological polar surface area (TPSA) is 82.1 Å². The first-order valence-corrected chi connectivity index (χ1v) is 8.44. The molecule has 1 rings (SSSR count). The second-order valence-corrected chi connectivity index (χ2v) is 6.81. The standard InChI is InChI=1S/C12H22NO6P/c1-5-18-20(16,19-6-2)8-11(14)13-10(9(3)4)7-17-12(13)15/h9-10H,5-8H2,1-4H3/t10-/m1/s1. The number of carbonyl (C=O) groups excluding carboxylic acids is 2.